The third-order valence-electron chi connectivity index (χ3n) is 2.72. The van der Waals surface area contributed by atoms with Gasteiger partial charge in [0.1, 0.15) is 17.3 Å². The summed E-state index contributed by atoms with van der Waals surface area (Å²) < 4.78 is 56.2. The highest BCUT2D eigenvalue weighted by Crippen LogP contribution is 2.35. The lowest BCUT2D eigenvalue weighted by molar-refractivity contribution is -0.140. The van der Waals surface area contributed by atoms with Crippen molar-refractivity contribution in [2.45, 2.75) is 12.7 Å². The van der Waals surface area contributed by atoms with Gasteiger partial charge in [0.2, 0.25) is 0 Å². The molecule has 2 N–H and O–H groups in total. The van der Waals surface area contributed by atoms with Gasteiger partial charge >= 0.3 is 6.18 Å². The Morgan fingerprint density at radius 3 is 2.24 bits per heavy atom. The summed E-state index contributed by atoms with van der Waals surface area (Å²) in [6.07, 6.45) is -4.79. The first-order chi connectivity index (χ1) is 9.81. The lowest BCUT2D eigenvalue weighted by atomic mass is 10.2. The predicted octanol–water partition coefficient (Wildman–Crippen LogP) is 4.75. The third kappa shape index (κ3) is 3.65. The lowest BCUT2D eigenvalue weighted by Crippen LogP contribution is -2.08. The topological polar surface area (TPSA) is 35.2 Å². The quantitative estimate of drug-likeness (QED) is 0.829. The summed E-state index contributed by atoms with van der Waals surface area (Å²) in [7, 11) is 0. The van der Waals surface area contributed by atoms with Gasteiger partial charge in [-0.05, 0) is 35.9 Å². The molecule has 0 fully saturated rings. The fraction of sp³-hybridized carbons (Fsp3) is 0.143. The van der Waals surface area contributed by atoms with E-state index in [1.54, 1.807) is 6.07 Å². The number of halogens is 5. The van der Waals surface area contributed by atoms with E-state index >= 15 is 0 Å². The second-order valence-corrected chi connectivity index (χ2v) is 4.61. The largest absolute Gasteiger partial charge is 0.457 e. The van der Waals surface area contributed by atoms with Crippen molar-refractivity contribution < 1.29 is 22.3 Å². The molecule has 0 aliphatic carbocycles. The zero-order valence-electron chi connectivity index (χ0n) is 10.5. The van der Waals surface area contributed by atoms with E-state index in [1.165, 1.54) is 12.1 Å². The van der Waals surface area contributed by atoms with Gasteiger partial charge in [-0.25, -0.2) is 4.39 Å². The maximum atomic E-state index is 13.2. The highest BCUT2D eigenvalue weighted by molar-refractivity contribution is 6.31. The first-order valence-electron chi connectivity index (χ1n) is 5.84. The lowest BCUT2D eigenvalue weighted by Gasteiger charge is -2.12. The Hall–Kier alpha value is -1.79. The minimum absolute atomic E-state index is 0.139. The summed E-state index contributed by atoms with van der Waals surface area (Å²) in [6, 6.07) is 6.96. The van der Waals surface area contributed by atoms with E-state index in [-0.39, 0.29) is 18.0 Å². The molecule has 0 aliphatic heterocycles. The Balaban J connectivity index is 2.30. The molecule has 0 radical (unpaired) electrons. The van der Waals surface area contributed by atoms with Gasteiger partial charge in [0.25, 0.3) is 0 Å². The molecule has 0 unspecified atom stereocenters. The van der Waals surface area contributed by atoms with E-state index in [2.05, 4.69) is 0 Å². The van der Waals surface area contributed by atoms with Gasteiger partial charge in [-0.3, -0.25) is 0 Å². The van der Waals surface area contributed by atoms with Gasteiger partial charge in [0.05, 0.1) is 5.56 Å². The summed E-state index contributed by atoms with van der Waals surface area (Å²) in [5.74, 6) is -1.26. The van der Waals surface area contributed by atoms with Gasteiger partial charge in [-0.1, -0.05) is 17.7 Å². The van der Waals surface area contributed by atoms with E-state index in [0.29, 0.717) is 22.7 Å². The molecule has 21 heavy (non-hydrogen) atoms. The normalized spacial score (nSPS) is 11.5. The Labute approximate surface area is 123 Å². The van der Waals surface area contributed by atoms with Gasteiger partial charge in [0, 0.05) is 11.6 Å². The molecule has 0 amide bonds. The minimum Gasteiger partial charge on any atom is -0.457 e. The van der Waals surface area contributed by atoms with Gasteiger partial charge < -0.3 is 10.5 Å². The number of ether oxygens (including phenoxy) is 1. The van der Waals surface area contributed by atoms with E-state index < -0.39 is 17.6 Å². The van der Waals surface area contributed by atoms with Crippen LogP contribution in [-0.4, -0.2) is 0 Å². The second kappa shape index (κ2) is 5.91. The van der Waals surface area contributed by atoms with Crippen LogP contribution in [0.2, 0.25) is 5.02 Å². The average Bonchev–Trinajstić information content (AvgIpc) is 2.40. The Bertz CT molecular complexity index is 658. The van der Waals surface area contributed by atoms with Gasteiger partial charge in [-0.2, -0.15) is 13.2 Å². The molecule has 7 heteroatoms. The standard InChI is InChI=1S/C14H10ClF4NO/c15-12-6-10(2-1-8(12)7-20)21-9-3-4-13(16)11(5-9)14(17,18)19/h1-6H,7,20H2. The van der Waals surface area contributed by atoms with Crippen LogP contribution in [0.3, 0.4) is 0 Å². The number of rotatable bonds is 3. The molecule has 0 bridgehead atoms. The summed E-state index contributed by atoms with van der Waals surface area (Å²) >= 11 is 5.92. The minimum atomic E-state index is -4.79. The van der Waals surface area contributed by atoms with Crippen LogP contribution in [0.15, 0.2) is 36.4 Å². The van der Waals surface area contributed by atoms with Crippen molar-refractivity contribution >= 4 is 11.6 Å². The number of benzene rings is 2. The maximum Gasteiger partial charge on any atom is 0.419 e. The van der Waals surface area contributed by atoms with Gasteiger partial charge in [0.15, 0.2) is 0 Å². The number of nitrogens with two attached hydrogens (primary N) is 1. The molecule has 0 aromatic heterocycles. The smallest absolute Gasteiger partial charge is 0.419 e. The molecule has 0 spiro atoms. The molecule has 2 aromatic carbocycles. The molecule has 0 heterocycles. The molecule has 2 rings (SSSR count). The van der Waals surface area contributed by atoms with Crippen LogP contribution >= 0.6 is 11.6 Å². The zero-order valence-corrected chi connectivity index (χ0v) is 11.3. The third-order valence-corrected chi connectivity index (χ3v) is 3.08. The molecule has 2 aromatic rings. The highest BCUT2D eigenvalue weighted by atomic mass is 35.5. The molecular weight excluding hydrogens is 310 g/mol. The van der Waals surface area contributed by atoms with E-state index in [4.69, 9.17) is 22.1 Å². The van der Waals surface area contributed by atoms with Crippen molar-refractivity contribution in [1.82, 2.24) is 0 Å². The van der Waals surface area contributed by atoms with Crippen molar-refractivity contribution in [2.24, 2.45) is 5.73 Å². The van der Waals surface area contributed by atoms with Crippen LogP contribution in [0.25, 0.3) is 0 Å². The summed E-state index contributed by atoms with van der Waals surface area (Å²) in [4.78, 5) is 0. The fourth-order valence-corrected chi connectivity index (χ4v) is 1.93. The summed E-state index contributed by atoms with van der Waals surface area (Å²) in [5.41, 5.74) is 4.74. The first kappa shape index (κ1) is 15.6. The Kier molecular flexibility index (Phi) is 4.39. The number of hydrogen-bond donors (Lipinski definition) is 1. The molecule has 0 saturated heterocycles. The van der Waals surface area contributed by atoms with Crippen LogP contribution in [-0.2, 0) is 12.7 Å². The molecule has 0 saturated carbocycles. The van der Waals surface area contributed by atoms with E-state index in [9.17, 15) is 17.6 Å². The fourth-order valence-electron chi connectivity index (χ4n) is 1.68. The highest BCUT2D eigenvalue weighted by Gasteiger charge is 2.34. The number of hydrogen-bond acceptors (Lipinski definition) is 2. The molecule has 112 valence electrons. The van der Waals surface area contributed by atoms with Crippen LogP contribution in [0.4, 0.5) is 17.6 Å². The second-order valence-electron chi connectivity index (χ2n) is 4.20. The Morgan fingerprint density at radius 1 is 1.05 bits per heavy atom. The van der Waals surface area contributed by atoms with Crippen molar-refractivity contribution in [3.63, 3.8) is 0 Å². The number of alkyl halides is 3. The SMILES string of the molecule is NCc1ccc(Oc2ccc(F)c(C(F)(F)F)c2)cc1Cl. The molecule has 0 aliphatic rings. The van der Waals surface area contributed by atoms with Crippen LogP contribution in [0.5, 0.6) is 11.5 Å². The Morgan fingerprint density at radius 2 is 1.67 bits per heavy atom. The monoisotopic (exact) mass is 319 g/mol. The van der Waals surface area contributed by atoms with Crippen molar-refractivity contribution in [1.29, 1.82) is 0 Å². The van der Waals surface area contributed by atoms with Gasteiger partial charge in [-0.15, -0.1) is 0 Å². The predicted molar refractivity (Wildman–Crippen MR) is 70.8 cm³/mol. The first-order valence-corrected chi connectivity index (χ1v) is 6.22. The zero-order chi connectivity index (χ0) is 15.6. The van der Waals surface area contributed by atoms with Crippen LogP contribution in [0, 0.1) is 5.82 Å². The van der Waals surface area contributed by atoms with Crippen molar-refractivity contribution in [3.05, 3.63) is 58.4 Å². The summed E-state index contributed by atoms with van der Waals surface area (Å²) in [5, 5.41) is 0.341. The van der Waals surface area contributed by atoms with Crippen LogP contribution < -0.4 is 10.5 Å². The van der Waals surface area contributed by atoms with E-state index in [0.717, 1.165) is 6.07 Å². The molecular formula is C14H10ClF4NO. The van der Waals surface area contributed by atoms with Crippen molar-refractivity contribution in [3.8, 4) is 11.5 Å². The molecule has 0 atom stereocenters. The van der Waals surface area contributed by atoms with E-state index in [1.807, 2.05) is 0 Å². The summed E-state index contributed by atoms with van der Waals surface area (Å²) in [6.45, 7) is 0.230. The molecule has 2 nitrogen and oxygen atoms in total. The van der Waals surface area contributed by atoms with Crippen LogP contribution in [0.1, 0.15) is 11.1 Å². The van der Waals surface area contributed by atoms with Crippen molar-refractivity contribution in [2.75, 3.05) is 0 Å². The maximum absolute atomic E-state index is 13.2. The average molecular weight is 320 g/mol.